The van der Waals surface area contributed by atoms with E-state index in [0.717, 1.165) is 6.29 Å². The summed E-state index contributed by atoms with van der Waals surface area (Å²) in [6.45, 7) is 7.73. The lowest BCUT2D eigenvalue weighted by atomic mass is 10.3. The highest BCUT2D eigenvalue weighted by atomic mass is 31.2. The van der Waals surface area contributed by atoms with Gasteiger partial charge in [-0.2, -0.15) is 14.3 Å². The van der Waals surface area contributed by atoms with Crippen LogP contribution in [-0.4, -0.2) is 39.4 Å². The lowest BCUT2D eigenvalue weighted by Gasteiger charge is -2.29. The molecule has 0 aromatic heterocycles. The maximum atomic E-state index is 10.1. The summed E-state index contributed by atoms with van der Waals surface area (Å²) in [5.74, 6) is 0. The Labute approximate surface area is 98.0 Å². The average molecular weight is 252 g/mol. The van der Waals surface area contributed by atoms with Crippen molar-refractivity contribution in [3.63, 3.8) is 0 Å². The van der Waals surface area contributed by atoms with Crippen molar-refractivity contribution in [1.29, 1.82) is 0 Å². The van der Waals surface area contributed by atoms with Crippen molar-refractivity contribution in [1.82, 2.24) is 4.67 Å². The minimum Gasteiger partial charge on any atom is -0.303 e. The monoisotopic (exact) mass is 252 g/mol. The first-order valence-electron chi connectivity index (χ1n) is 5.54. The van der Waals surface area contributed by atoms with E-state index in [1.54, 1.807) is 4.67 Å². The van der Waals surface area contributed by atoms with E-state index in [4.69, 9.17) is 4.52 Å². The summed E-state index contributed by atoms with van der Waals surface area (Å²) in [5.41, 5.74) is 0. The smallest absolute Gasteiger partial charge is 0.303 e. The fourth-order valence-corrected chi connectivity index (χ4v) is 3.33. The molecule has 0 bridgehead atoms. The van der Waals surface area contributed by atoms with E-state index in [-0.39, 0.29) is 18.7 Å². The molecule has 2 N–H and O–H groups in total. The number of rotatable bonds is 8. The third-order valence-electron chi connectivity index (χ3n) is 2.09. The molecule has 0 saturated carbocycles. The van der Waals surface area contributed by atoms with Crippen LogP contribution in [0.15, 0.2) is 0 Å². The van der Waals surface area contributed by atoms with Crippen LogP contribution in [0.4, 0.5) is 0 Å². The van der Waals surface area contributed by atoms with Crippen LogP contribution in [0.2, 0.25) is 0 Å². The number of carbonyl (C=O) groups is 1. The Morgan fingerprint density at radius 2 is 1.75 bits per heavy atom. The highest BCUT2D eigenvalue weighted by molar-refractivity contribution is 7.57. The van der Waals surface area contributed by atoms with Crippen LogP contribution in [-0.2, 0) is 9.32 Å². The van der Waals surface area contributed by atoms with Gasteiger partial charge in [0.05, 0.1) is 6.61 Å². The van der Waals surface area contributed by atoms with Gasteiger partial charge in [-0.15, -0.1) is 0 Å². The molecule has 0 amide bonds. The molecule has 0 aliphatic heterocycles. The van der Waals surface area contributed by atoms with Gasteiger partial charge in [0.15, 0.2) is 0 Å². The largest absolute Gasteiger partial charge is 0.499 e. The molecular formula is C10H23NO4P+. The molecule has 0 aliphatic rings. The molecular weight excluding hydrogens is 229 g/mol. The van der Waals surface area contributed by atoms with Gasteiger partial charge in [-0.1, -0.05) is 4.67 Å². The number of hydrogen-bond donors (Lipinski definition) is 2. The number of nitrogens with zero attached hydrogens (tertiary/aromatic N) is 1. The van der Waals surface area contributed by atoms with Gasteiger partial charge in [0, 0.05) is 18.5 Å². The summed E-state index contributed by atoms with van der Waals surface area (Å²) in [4.78, 5) is 29.9. The number of hydrogen-bond acceptors (Lipinski definition) is 5. The van der Waals surface area contributed by atoms with Gasteiger partial charge in [-0.25, -0.2) is 0 Å². The zero-order chi connectivity index (χ0) is 12.8. The Hall–Kier alpha value is -0.0600. The molecule has 0 fully saturated rings. The van der Waals surface area contributed by atoms with E-state index in [9.17, 15) is 14.6 Å². The van der Waals surface area contributed by atoms with Crippen molar-refractivity contribution in [3.05, 3.63) is 0 Å². The summed E-state index contributed by atoms with van der Waals surface area (Å²) < 4.78 is 6.67. The van der Waals surface area contributed by atoms with Crippen molar-refractivity contribution >= 4 is 14.4 Å². The zero-order valence-corrected chi connectivity index (χ0v) is 11.4. The maximum Gasteiger partial charge on any atom is 0.499 e. The summed E-state index contributed by atoms with van der Waals surface area (Å²) in [5, 5.41) is 0. The molecule has 0 rings (SSSR count). The quantitative estimate of drug-likeness (QED) is 0.391. The topological polar surface area (TPSA) is 70.0 Å². The molecule has 0 aromatic rings. The van der Waals surface area contributed by atoms with E-state index in [0.29, 0.717) is 12.8 Å². The summed E-state index contributed by atoms with van der Waals surface area (Å²) >= 11 is 0. The third-order valence-corrected chi connectivity index (χ3v) is 4.14. The van der Waals surface area contributed by atoms with Gasteiger partial charge >= 0.3 is 8.09 Å². The second-order valence-electron chi connectivity index (χ2n) is 4.22. The predicted octanol–water partition coefficient (Wildman–Crippen LogP) is 1.76. The first-order chi connectivity index (χ1) is 7.33. The summed E-state index contributed by atoms with van der Waals surface area (Å²) in [6, 6.07) is -0.0104. The first kappa shape index (κ1) is 15.9. The minimum atomic E-state index is -3.49. The second kappa shape index (κ2) is 7.30. The molecule has 96 valence electrons. The minimum absolute atomic E-state index is 0.00518. The van der Waals surface area contributed by atoms with Gasteiger partial charge in [0.2, 0.25) is 0 Å². The van der Waals surface area contributed by atoms with Crippen LogP contribution in [0.3, 0.4) is 0 Å². The van der Waals surface area contributed by atoms with Gasteiger partial charge in [-0.05, 0) is 34.1 Å². The fourth-order valence-electron chi connectivity index (χ4n) is 1.62. The van der Waals surface area contributed by atoms with Crippen LogP contribution in [0.25, 0.3) is 0 Å². The van der Waals surface area contributed by atoms with E-state index in [1.165, 1.54) is 0 Å². The number of unbranched alkanes of at least 4 members (excludes halogenated alkanes) is 1. The molecule has 0 atom stereocenters. The Morgan fingerprint density at radius 3 is 2.12 bits per heavy atom. The van der Waals surface area contributed by atoms with Crippen LogP contribution in [0, 0.1) is 0 Å². The SMILES string of the molecule is CC(C)N(C(C)C)[P+](O)(O)OCCCC=O. The van der Waals surface area contributed by atoms with Crippen molar-refractivity contribution in [2.75, 3.05) is 6.61 Å². The molecule has 0 saturated heterocycles. The lowest BCUT2D eigenvalue weighted by molar-refractivity contribution is -0.108. The van der Waals surface area contributed by atoms with Crippen molar-refractivity contribution in [3.8, 4) is 0 Å². The average Bonchev–Trinajstić information content (AvgIpc) is 2.10. The lowest BCUT2D eigenvalue weighted by Crippen LogP contribution is -2.37. The maximum absolute atomic E-state index is 10.1. The first-order valence-corrected chi connectivity index (χ1v) is 7.11. The molecule has 16 heavy (non-hydrogen) atoms. The van der Waals surface area contributed by atoms with Gasteiger partial charge in [0.1, 0.15) is 6.29 Å². The van der Waals surface area contributed by atoms with Crippen molar-refractivity contribution in [2.45, 2.75) is 52.6 Å². The summed E-state index contributed by atoms with van der Waals surface area (Å²) in [6.07, 6.45) is 1.68. The Balaban J connectivity index is 4.30. The van der Waals surface area contributed by atoms with Crippen LogP contribution < -0.4 is 0 Å². The normalized spacial score (nSPS) is 12.8. The van der Waals surface area contributed by atoms with Gasteiger partial charge < -0.3 is 4.79 Å². The summed E-state index contributed by atoms with van der Waals surface area (Å²) in [7, 11) is -3.49. The van der Waals surface area contributed by atoms with Gasteiger partial charge in [-0.3, -0.25) is 0 Å². The Bertz CT molecular complexity index is 201. The fraction of sp³-hybridized carbons (Fsp3) is 0.900. The molecule has 0 aromatic carbocycles. The van der Waals surface area contributed by atoms with Crippen LogP contribution >= 0.6 is 8.09 Å². The Morgan fingerprint density at radius 1 is 1.25 bits per heavy atom. The van der Waals surface area contributed by atoms with Crippen LogP contribution in [0.5, 0.6) is 0 Å². The van der Waals surface area contributed by atoms with E-state index in [2.05, 4.69) is 0 Å². The third kappa shape index (κ3) is 5.32. The van der Waals surface area contributed by atoms with E-state index in [1.807, 2.05) is 27.7 Å². The molecule has 6 heteroatoms. The number of carbonyl (C=O) groups excluding carboxylic acids is 1. The van der Waals surface area contributed by atoms with E-state index < -0.39 is 8.09 Å². The van der Waals surface area contributed by atoms with Crippen LogP contribution in [0.1, 0.15) is 40.5 Å². The van der Waals surface area contributed by atoms with Crippen molar-refractivity contribution in [2.24, 2.45) is 0 Å². The van der Waals surface area contributed by atoms with E-state index >= 15 is 0 Å². The predicted molar refractivity (Wildman–Crippen MR) is 64.7 cm³/mol. The number of aldehydes is 1. The zero-order valence-electron chi connectivity index (χ0n) is 10.5. The Kier molecular flexibility index (Phi) is 7.27. The molecule has 0 heterocycles. The molecule has 0 unspecified atom stereocenters. The molecule has 0 aliphatic carbocycles. The second-order valence-corrected chi connectivity index (χ2v) is 5.97. The molecule has 0 spiro atoms. The standard InChI is InChI=1S/C10H23NO4P/c1-9(2)11(10(3)4)16(13,14)15-8-6-5-7-12/h7,9-10,13-14H,5-6,8H2,1-4H3/q+1. The van der Waals surface area contributed by atoms with Gasteiger partial charge in [0.25, 0.3) is 0 Å². The van der Waals surface area contributed by atoms with Crippen molar-refractivity contribution < 1.29 is 19.1 Å². The highest BCUT2D eigenvalue weighted by Crippen LogP contribution is 2.57. The highest BCUT2D eigenvalue weighted by Gasteiger charge is 2.48. The molecule has 5 nitrogen and oxygen atoms in total. The molecule has 0 radical (unpaired) electrons.